The van der Waals surface area contributed by atoms with Gasteiger partial charge in [0.1, 0.15) is 24.9 Å². The Hall–Kier alpha value is -1.67. The predicted molar refractivity (Wildman–Crippen MR) is 86.4 cm³/mol. The number of carbonyl (C=O) groups is 1. The van der Waals surface area contributed by atoms with E-state index in [9.17, 15) is 9.90 Å². The summed E-state index contributed by atoms with van der Waals surface area (Å²) in [6.07, 6.45) is -2.31. The van der Waals surface area contributed by atoms with Gasteiger partial charge in [-0.3, -0.25) is 4.90 Å². The lowest BCUT2D eigenvalue weighted by molar-refractivity contribution is -0.257. The highest BCUT2D eigenvalue weighted by Gasteiger charge is 2.68. The number of ether oxygens (including phenoxy) is 4. The fraction of sp³-hybridized carbons (Fsp3) is 0.611. The van der Waals surface area contributed by atoms with Crippen molar-refractivity contribution in [1.82, 2.24) is 4.90 Å². The fourth-order valence-electron chi connectivity index (χ4n) is 4.04. The van der Waals surface area contributed by atoms with E-state index in [0.29, 0.717) is 0 Å². The SMILES string of the molecule is CC1(C)O[C@@H]2[C@@H]3C(O[C@@]2(C)O1)[C@H](O)CN3C(=O)OCc1ccccc1. The summed E-state index contributed by atoms with van der Waals surface area (Å²) < 4.78 is 23.2. The summed E-state index contributed by atoms with van der Waals surface area (Å²) in [5.41, 5.74) is 0.904. The Kier molecular flexibility index (Phi) is 3.81. The third-order valence-corrected chi connectivity index (χ3v) is 4.96. The van der Waals surface area contributed by atoms with Gasteiger partial charge in [0.2, 0.25) is 0 Å². The molecule has 1 amide bonds. The van der Waals surface area contributed by atoms with Crippen molar-refractivity contribution in [2.24, 2.45) is 0 Å². The zero-order chi connectivity index (χ0) is 17.8. The van der Waals surface area contributed by atoms with E-state index in [1.807, 2.05) is 30.3 Å². The van der Waals surface area contributed by atoms with Crippen LogP contribution < -0.4 is 0 Å². The van der Waals surface area contributed by atoms with E-state index in [-0.39, 0.29) is 13.2 Å². The number of hydrogen-bond acceptors (Lipinski definition) is 6. The maximum atomic E-state index is 12.6. The van der Waals surface area contributed by atoms with Crippen molar-refractivity contribution in [2.45, 2.75) is 63.3 Å². The lowest BCUT2D eigenvalue weighted by atomic mass is 10.0. The summed E-state index contributed by atoms with van der Waals surface area (Å²) in [6.45, 7) is 5.72. The molecule has 3 aliphatic heterocycles. The topological polar surface area (TPSA) is 77.5 Å². The minimum absolute atomic E-state index is 0.152. The maximum Gasteiger partial charge on any atom is 0.410 e. The van der Waals surface area contributed by atoms with E-state index < -0.39 is 42.0 Å². The molecule has 1 aromatic carbocycles. The van der Waals surface area contributed by atoms with Gasteiger partial charge in [0.15, 0.2) is 11.6 Å². The summed E-state index contributed by atoms with van der Waals surface area (Å²) in [5.74, 6) is -1.80. The van der Waals surface area contributed by atoms with Crippen LogP contribution in [0.4, 0.5) is 4.79 Å². The molecule has 1 N–H and O–H groups in total. The molecule has 5 atom stereocenters. The second-order valence-corrected chi connectivity index (χ2v) is 7.39. The van der Waals surface area contributed by atoms with Crippen LogP contribution in [0, 0.1) is 0 Å². The summed E-state index contributed by atoms with van der Waals surface area (Å²) >= 11 is 0. The molecule has 3 fully saturated rings. The summed E-state index contributed by atoms with van der Waals surface area (Å²) in [5, 5.41) is 10.3. The van der Waals surface area contributed by atoms with E-state index in [1.54, 1.807) is 20.8 Å². The molecule has 4 rings (SSSR count). The van der Waals surface area contributed by atoms with Crippen LogP contribution in [0.2, 0.25) is 0 Å². The Labute approximate surface area is 146 Å². The summed E-state index contributed by atoms with van der Waals surface area (Å²) in [6, 6.07) is 9.03. The van der Waals surface area contributed by atoms with Crippen molar-refractivity contribution in [3.63, 3.8) is 0 Å². The highest BCUT2D eigenvalue weighted by Crippen LogP contribution is 2.49. The minimum atomic E-state index is -0.988. The molecule has 0 bridgehead atoms. The number of benzene rings is 1. The zero-order valence-electron chi connectivity index (χ0n) is 14.5. The number of hydrogen-bond donors (Lipinski definition) is 1. The quantitative estimate of drug-likeness (QED) is 0.875. The molecule has 0 saturated carbocycles. The van der Waals surface area contributed by atoms with Gasteiger partial charge in [-0.2, -0.15) is 0 Å². The molecule has 136 valence electrons. The highest BCUT2D eigenvalue weighted by molar-refractivity contribution is 5.69. The Balaban J connectivity index is 1.50. The molecule has 7 heteroatoms. The number of aliphatic hydroxyl groups is 1. The molecule has 3 heterocycles. The maximum absolute atomic E-state index is 12.6. The number of aliphatic hydroxyl groups excluding tert-OH is 1. The van der Waals surface area contributed by atoms with Gasteiger partial charge in [0.25, 0.3) is 0 Å². The van der Waals surface area contributed by atoms with Crippen LogP contribution >= 0.6 is 0 Å². The lowest BCUT2D eigenvalue weighted by Crippen LogP contribution is -2.48. The summed E-state index contributed by atoms with van der Waals surface area (Å²) in [7, 11) is 0. The van der Waals surface area contributed by atoms with Gasteiger partial charge < -0.3 is 24.1 Å². The van der Waals surface area contributed by atoms with Gasteiger partial charge in [-0.05, 0) is 26.3 Å². The largest absolute Gasteiger partial charge is 0.445 e. The molecule has 7 nitrogen and oxygen atoms in total. The lowest BCUT2D eigenvalue weighted by Gasteiger charge is -2.27. The van der Waals surface area contributed by atoms with Crippen molar-refractivity contribution in [1.29, 1.82) is 0 Å². The van der Waals surface area contributed by atoms with Gasteiger partial charge in [-0.1, -0.05) is 30.3 Å². The third-order valence-electron chi connectivity index (χ3n) is 4.96. The van der Waals surface area contributed by atoms with Crippen LogP contribution in [0.25, 0.3) is 0 Å². The van der Waals surface area contributed by atoms with Crippen LogP contribution in [0.5, 0.6) is 0 Å². The first-order chi connectivity index (χ1) is 11.8. The first-order valence-electron chi connectivity index (χ1n) is 8.50. The van der Waals surface area contributed by atoms with E-state index in [1.165, 1.54) is 4.90 Å². The predicted octanol–water partition coefficient (Wildman–Crippen LogP) is 1.63. The molecule has 1 unspecified atom stereocenters. The average molecular weight is 349 g/mol. The number of β-amino-alcohol motifs (C(OH)–C–C–N with tert-alkyl or cyclic N) is 1. The third kappa shape index (κ3) is 2.81. The molecule has 3 aliphatic rings. The second-order valence-electron chi connectivity index (χ2n) is 7.39. The molecule has 25 heavy (non-hydrogen) atoms. The average Bonchev–Trinajstić information content (AvgIpc) is 3.09. The van der Waals surface area contributed by atoms with Crippen molar-refractivity contribution in [3.05, 3.63) is 35.9 Å². The van der Waals surface area contributed by atoms with Crippen molar-refractivity contribution < 1.29 is 28.8 Å². The monoisotopic (exact) mass is 349 g/mol. The van der Waals surface area contributed by atoms with Crippen LogP contribution in [0.1, 0.15) is 26.3 Å². The molecule has 0 aromatic heterocycles. The van der Waals surface area contributed by atoms with Gasteiger partial charge in [-0.15, -0.1) is 0 Å². The van der Waals surface area contributed by atoms with Crippen LogP contribution in [0.15, 0.2) is 30.3 Å². The molecule has 0 radical (unpaired) electrons. The van der Waals surface area contributed by atoms with Crippen molar-refractivity contribution in [3.8, 4) is 0 Å². The molecule has 3 saturated heterocycles. The first kappa shape index (κ1) is 16.8. The number of amides is 1. The molecular formula is C18H23NO6. The number of nitrogens with zero attached hydrogens (tertiary/aromatic N) is 1. The highest BCUT2D eigenvalue weighted by atomic mass is 16.9. The van der Waals surface area contributed by atoms with Crippen LogP contribution in [-0.4, -0.2) is 58.6 Å². The Morgan fingerprint density at radius 2 is 2.00 bits per heavy atom. The van der Waals surface area contributed by atoms with E-state index >= 15 is 0 Å². The fourth-order valence-corrected chi connectivity index (χ4v) is 4.04. The number of carbonyl (C=O) groups excluding carboxylic acids is 1. The smallest absolute Gasteiger partial charge is 0.410 e. The molecule has 0 aliphatic carbocycles. The standard InChI is InChI=1S/C18H23NO6/c1-17(2)24-15-13-14(23-18(15,3)25-17)12(20)9-19(13)16(21)22-10-11-7-5-4-6-8-11/h4-8,12-15,20H,9-10H2,1-3H3/t12-,13+,14?,15-,18+/m1/s1. The first-order valence-corrected chi connectivity index (χ1v) is 8.50. The van der Waals surface area contributed by atoms with Crippen molar-refractivity contribution in [2.75, 3.05) is 6.54 Å². The number of likely N-dealkylation sites (tertiary alicyclic amines) is 1. The van der Waals surface area contributed by atoms with Gasteiger partial charge in [-0.25, -0.2) is 4.79 Å². The van der Waals surface area contributed by atoms with Gasteiger partial charge >= 0.3 is 6.09 Å². The molecule has 0 spiro atoms. The van der Waals surface area contributed by atoms with Crippen molar-refractivity contribution >= 4 is 6.09 Å². The Morgan fingerprint density at radius 1 is 1.28 bits per heavy atom. The van der Waals surface area contributed by atoms with E-state index in [2.05, 4.69) is 0 Å². The van der Waals surface area contributed by atoms with E-state index in [0.717, 1.165) is 5.56 Å². The number of rotatable bonds is 2. The second kappa shape index (κ2) is 5.67. The van der Waals surface area contributed by atoms with Crippen LogP contribution in [0.3, 0.4) is 0 Å². The van der Waals surface area contributed by atoms with Gasteiger partial charge in [0, 0.05) is 0 Å². The Morgan fingerprint density at radius 3 is 2.72 bits per heavy atom. The van der Waals surface area contributed by atoms with Crippen LogP contribution in [-0.2, 0) is 25.6 Å². The summed E-state index contributed by atoms with van der Waals surface area (Å²) in [4.78, 5) is 14.1. The molecular weight excluding hydrogens is 326 g/mol. The zero-order valence-corrected chi connectivity index (χ0v) is 14.5. The molecule has 1 aromatic rings. The van der Waals surface area contributed by atoms with E-state index in [4.69, 9.17) is 18.9 Å². The Bertz CT molecular complexity index is 665. The number of fused-ring (bicyclic) bond motifs is 3. The van der Waals surface area contributed by atoms with Gasteiger partial charge in [0.05, 0.1) is 12.6 Å². The minimum Gasteiger partial charge on any atom is -0.445 e. The normalized spacial score (nSPS) is 38.5.